The summed E-state index contributed by atoms with van der Waals surface area (Å²) < 4.78 is 25.6. The summed E-state index contributed by atoms with van der Waals surface area (Å²) >= 11 is 0. The van der Waals surface area contributed by atoms with E-state index in [1.807, 2.05) is 14.1 Å². The number of hydrogen-bond acceptors (Lipinski definition) is 5. The SMILES string of the molecule is CN(C)C1CCN(S(=O)(=O)CC[C@H](N)C(=O)O)CC1. The van der Waals surface area contributed by atoms with E-state index < -0.39 is 22.0 Å². The highest BCUT2D eigenvalue weighted by molar-refractivity contribution is 7.89. The van der Waals surface area contributed by atoms with Crippen LogP contribution < -0.4 is 5.73 Å². The van der Waals surface area contributed by atoms with Gasteiger partial charge in [-0.1, -0.05) is 0 Å². The molecule has 0 saturated carbocycles. The molecule has 0 aliphatic carbocycles. The number of carboxylic acids is 1. The smallest absolute Gasteiger partial charge is 0.320 e. The van der Waals surface area contributed by atoms with Gasteiger partial charge in [0.1, 0.15) is 6.04 Å². The van der Waals surface area contributed by atoms with Crippen molar-refractivity contribution < 1.29 is 18.3 Å². The molecule has 0 bridgehead atoms. The van der Waals surface area contributed by atoms with Gasteiger partial charge in [-0.25, -0.2) is 12.7 Å². The third kappa shape index (κ3) is 4.72. The van der Waals surface area contributed by atoms with Crippen LogP contribution in [0.2, 0.25) is 0 Å². The Morgan fingerprint density at radius 1 is 1.42 bits per heavy atom. The van der Waals surface area contributed by atoms with Crippen LogP contribution in [-0.2, 0) is 14.8 Å². The van der Waals surface area contributed by atoms with Gasteiger partial charge in [0.2, 0.25) is 10.0 Å². The first-order valence-corrected chi connectivity index (χ1v) is 7.97. The molecule has 0 amide bonds. The monoisotopic (exact) mass is 293 g/mol. The van der Waals surface area contributed by atoms with Crippen LogP contribution in [0.3, 0.4) is 0 Å². The van der Waals surface area contributed by atoms with Gasteiger partial charge in [0.05, 0.1) is 5.75 Å². The normalized spacial score (nSPS) is 20.6. The molecular weight excluding hydrogens is 270 g/mol. The van der Waals surface area contributed by atoms with Crippen LogP contribution in [0.15, 0.2) is 0 Å². The maximum atomic E-state index is 12.1. The second kappa shape index (κ2) is 6.65. The molecule has 7 nitrogen and oxygen atoms in total. The lowest BCUT2D eigenvalue weighted by Gasteiger charge is -2.34. The topological polar surface area (TPSA) is 104 Å². The van der Waals surface area contributed by atoms with Crippen molar-refractivity contribution in [3.8, 4) is 0 Å². The third-order valence-electron chi connectivity index (χ3n) is 3.55. The van der Waals surface area contributed by atoms with E-state index in [2.05, 4.69) is 4.90 Å². The Bertz CT molecular complexity index is 402. The molecule has 1 aliphatic rings. The van der Waals surface area contributed by atoms with E-state index >= 15 is 0 Å². The molecule has 1 fully saturated rings. The summed E-state index contributed by atoms with van der Waals surface area (Å²) in [5.74, 6) is -1.37. The highest BCUT2D eigenvalue weighted by atomic mass is 32.2. The number of piperidine rings is 1. The number of rotatable bonds is 6. The minimum Gasteiger partial charge on any atom is -0.480 e. The van der Waals surface area contributed by atoms with Crippen molar-refractivity contribution in [2.45, 2.75) is 31.3 Å². The third-order valence-corrected chi connectivity index (χ3v) is 5.45. The zero-order valence-corrected chi connectivity index (χ0v) is 12.3. The fraction of sp³-hybridized carbons (Fsp3) is 0.909. The predicted molar refractivity (Wildman–Crippen MR) is 72.3 cm³/mol. The van der Waals surface area contributed by atoms with Crippen LogP contribution in [-0.4, -0.2) is 73.7 Å². The Morgan fingerprint density at radius 2 is 1.95 bits per heavy atom. The minimum absolute atomic E-state index is 0.0503. The second-order valence-corrected chi connectivity index (χ2v) is 7.23. The summed E-state index contributed by atoms with van der Waals surface area (Å²) in [5, 5.41) is 8.65. The first-order valence-electron chi connectivity index (χ1n) is 6.36. The number of hydrogen-bond donors (Lipinski definition) is 2. The summed E-state index contributed by atoms with van der Waals surface area (Å²) in [6, 6.07) is -0.707. The van der Waals surface area contributed by atoms with E-state index in [4.69, 9.17) is 10.8 Å². The molecule has 0 unspecified atom stereocenters. The van der Waals surface area contributed by atoms with Crippen LogP contribution in [0.25, 0.3) is 0 Å². The molecule has 19 heavy (non-hydrogen) atoms. The fourth-order valence-electron chi connectivity index (χ4n) is 2.17. The Morgan fingerprint density at radius 3 is 2.37 bits per heavy atom. The van der Waals surface area contributed by atoms with Gasteiger partial charge in [-0.05, 0) is 33.4 Å². The first-order chi connectivity index (χ1) is 8.74. The summed E-state index contributed by atoms with van der Waals surface area (Å²) in [5.41, 5.74) is 5.33. The van der Waals surface area contributed by atoms with E-state index in [1.54, 1.807) is 0 Å². The maximum absolute atomic E-state index is 12.1. The lowest BCUT2D eigenvalue weighted by Crippen LogP contribution is -2.45. The molecule has 0 spiro atoms. The van der Waals surface area contributed by atoms with Gasteiger partial charge in [0.25, 0.3) is 0 Å². The number of nitrogens with zero attached hydrogens (tertiary/aromatic N) is 2. The molecule has 1 saturated heterocycles. The van der Waals surface area contributed by atoms with Gasteiger partial charge in [-0.3, -0.25) is 4.79 Å². The summed E-state index contributed by atoms with van der Waals surface area (Å²) in [6.07, 6.45) is 1.56. The van der Waals surface area contributed by atoms with Gasteiger partial charge in [-0.15, -0.1) is 0 Å². The molecule has 0 aromatic rings. The van der Waals surface area contributed by atoms with Crippen molar-refractivity contribution >= 4 is 16.0 Å². The van der Waals surface area contributed by atoms with Crippen molar-refractivity contribution in [1.82, 2.24) is 9.21 Å². The Hall–Kier alpha value is -0.700. The molecule has 0 aromatic heterocycles. The van der Waals surface area contributed by atoms with E-state index in [-0.39, 0.29) is 12.2 Å². The molecule has 0 aromatic carbocycles. The molecule has 0 radical (unpaired) electrons. The number of nitrogens with two attached hydrogens (primary N) is 1. The van der Waals surface area contributed by atoms with Gasteiger partial charge in [0, 0.05) is 19.1 Å². The number of carboxylic acid groups (broad SMARTS) is 1. The van der Waals surface area contributed by atoms with Crippen molar-refractivity contribution in [2.75, 3.05) is 32.9 Å². The Labute approximate surface area is 114 Å². The van der Waals surface area contributed by atoms with Gasteiger partial charge >= 0.3 is 5.97 Å². The maximum Gasteiger partial charge on any atom is 0.320 e. The van der Waals surface area contributed by atoms with Crippen LogP contribution >= 0.6 is 0 Å². The minimum atomic E-state index is -3.39. The zero-order valence-electron chi connectivity index (χ0n) is 11.4. The van der Waals surface area contributed by atoms with Gasteiger partial charge in [0.15, 0.2) is 0 Å². The van der Waals surface area contributed by atoms with Gasteiger partial charge in [-0.2, -0.15) is 0 Å². The fourth-order valence-corrected chi connectivity index (χ4v) is 3.74. The van der Waals surface area contributed by atoms with Gasteiger partial charge < -0.3 is 15.7 Å². The van der Waals surface area contributed by atoms with E-state index in [9.17, 15) is 13.2 Å². The Kier molecular flexibility index (Phi) is 5.72. The molecule has 1 aliphatic heterocycles. The molecule has 8 heteroatoms. The lowest BCUT2D eigenvalue weighted by molar-refractivity contribution is -0.138. The van der Waals surface area contributed by atoms with E-state index in [0.717, 1.165) is 12.8 Å². The van der Waals surface area contributed by atoms with E-state index in [1.165, 1.54) is 4.31 Å². The first kappa shape index (κ1) is 16.4. The molecule has 3 N–H and O–H groups in total. The average molecular weight is 293 g/mol. The van der Waals surface area contributed by atoms with Crippen molar-refractivity contribution in [3.63, 3.8) is 0 Å². The standard InChI is InChI=1S/C11H23N3O4S/c1-13(2)9-3-6-14(7-4-9)19(17,18)8-5-10(12)11(15)16/h9-10H,3-8,12H2,1-2H3,(H,15,16)/t10-/m0/s1. The van der Waals surface area contributed by atoms with Crippen LogP contribution in [0.5, 0.6) is 0 Å². The molecule has 1 atom stereocenters. The number of aliphatic carboxylic acids is 1. The highest BCUT2D eigenvalue weighted by Gasteiger charge is 2.29. The number of carbonyl (C=O) groups is 1. The highest BCUT2D eigenvalue weighted by Crippen LogP contribution is 2.17. The Balaban J connectivity index is 2.49. The second-order valence-electron chi connectivity index (χ2n) is 5.14. The van der Waals surface area contributed by atoms with Crippen LogP contribution in [0, 0.1) is 0 Å². The zero-order chi connectivity index (χ0) is 14.6. The average Bonchev–Trinajstić information content (AvgIpc) is 2.36. The summed E-state index contributed by atoms with van der Waals surface area (Å²) in [6.45, 7) is 0.987. The largest absolute Gasteiger partial charge is 0.480 e. The van der Waals surface area contributed by atoms with Crippen LogP contribution in [0.1, 0.15) is 19.3 Å². The predicted octanol–water partition coefficient (Wildman–Crippen LogP) is -0.856. The quantitative estimate of drug-likeness (QED) is 0.661. The van der Waals surface area contributed by atoms with Crippen molar-refractivity contribution in [3.05, 3.63) is 0 Å². The lowest BCUT2D eigenvalue weighted by atomic mass is 10.1. The van der Waals surface area contributed by atoms with Crippen molar-refractivity contribution in [1.29, 1.82) is 0 Å². The summed E-state index contributed by atoms with van der Waals surface area (Å²) in [7, 11) is 0.584. The molecule has 112 valence electrons. The van der Waals surface area contributed by atoms with E-state index in [0.29, 0.717) is 19.1 Å². The molecule has 1 heterocycles. The molecular formula is C11H23N3O4S. The summed E-state index contributed by atoms with van der Waals surface area (Å²) in [4.78, 5) is 12.7. The molecule has 1 rings (SSSR count). The number of sulfonamides is 1. The van der Waals surface area contributed by atoms with Crippen molar-refractivity contribution in [2.24, 2.45) is 5.73 Å². The van der Waals surface area contributed by atoms with Crippen LogP contribution in [0.4, 0.5) is 0 Å².